The summed E-state index contributed by atoms with van der Waals surface area (Å²) in [5.74, 6) is -1.37. The number of aliphatic carboxylic acids is 1. The molecule has 1 saturated heterocycles. The molecule has 1 atom stereocenters. The summed E-state index contributed by atoms with van der Waals surface area (Å²) < 4.78 is 0. The van der Waals surface area contributed by atoms with Crippen LogP contribution in [0.2, 0.25) is 5.02 Å². The molecule has 1 aromatic heterocycles. The van der Waals surface area contributed by atoms with Crippen LogP contribution in [0.4, 0.5) is 5.69 Å². The van der Waals surface area contributed by atoms with Gasteiger partial charge in [-0.25, -0.2) is 14.8 Å². The fourth-order valence-electron chi connectivity index (χ4n) is 3.78. The summed E-state index contributed by atoms with van der Waals surface area (Å²) in [7, 11) is 0. The molecule has 8 nitrogen and oxygen atoms in total. The van der Waals surface area contributed by atoms with Crippen LogP contribution < -0.4 is 10.2 Å². The zero-order chi connectivity index (χ0) is 22.5. The number of anilines is 1. The standard InChI is InChI=1S/C22H27ClN4O4/c1-3-16(22(30)31)25-21(29)19-20(28)13(2)24-18(26-19)12-14-8-10-27(11-9-14)17-7-5-4-6-15(17)23/h4-7,14,16,28H,3,8-12H2,1-2H3,(H,25,29)(H,30,31). The van der Waals surface area contributed by atoms with E-state index in [9.17, 15) is 14.7 Å². The number of benzene rings is 1. The van der Waals surface area contributed by atoms with E-state index < -0.39 is 17.9 Å². The third kappa shape index (κ3) is 5.44. The largest absolute Gasteiger partial charge is 0.504 e. The molecule has 0 saturated carbocycles. The smallest absolute Gasteiger partial charge is 0.326 e. The Hall–Kier alpha value is -2.87. The monoisotopic (exact) mass is 446 g/mol. The van der Waals surface area contributed by atoms with Crippen molar-refractivity contribution in [1.29, 1.82) is 0 Å². The first-order valence-corrected chi connectivity index (χ1v) is 10.8. The number of aromatic hydroxyl groups is 1. The number of rotatable bonds is 7. The van der Waals surface area contributed by atoms with Crippen LogP contribution in [0, 0.1) is 12.8 Å². The number of carbonyl (C=O) groups is 2. The van der Waals surface area contributed by atoms with E-state index in [-0.39, 0.29) is 17.9 Å². The Morgan fingerprint density at radius 1 is 1.26 bits per heavy atom. The van der Waals surface area contributed by atoms with Gasteiger partial charge in [0.2, 0.25) is 0 Å². The van der Waals surface area contributed by atoms with E-state index in [4.69, 9.17) is 16.7 Å². The maximum atomic E-state index is 12.5. The highest BCUT2D eigenvalue weighted by atomic mass is 35.5. The van der Waals surface area contributed by atoms with E-state index in [2.05, 4.69) is 20.2 Å². The first kappa shape index (κ1) is 22.8. The average Bonchev–Trinajstić information content (AvgIpc) is 2.75. The van der Waals surface area contributed by atoms with Crippen molar-refractivity contribution in [2.45, 2.75) is 45.6 Å². The van der Waals surface area contributed by atoms with Gasteiger partial charge in [-0.3, -0.25) is 4.79 Å². The number of nitrogens with zero attached hydrogens (tertiary/aromatic N) is 3. The predicted octanol–water partition coefficient (Wildman–Crippen LogP) is 3.20. The Balaban J connectivity index is 1.68. The topological polar surface area (TPSA) is 116 Å². The third-order valence-corrected chi connectivity index (χ3v) is 5.93. The minimum absolute atomic E-state index is 0.185. The summed E-state index contributed by atoms with van der Waals surface area (Å²) in [6.45, 7) is 4.97. The van der Waals surface area contributed by atoms with E-state index in [1.807, 2.05) is 24.3 Å². The van der Waals surface area contributed by atoms with Crippen LogP contribution in [0.5, 0.6) is 5.75 Å². The van der Waals surface area contributed by atoms with Crippen molar-refractivity contribution in [2.75, 3.05) is 18.0 Å². The highest BCUT2D eigenvalue weighted by molar-refractivity contribution is 6.33. The van der Waals surface area contributed by atoms with Gasteiger partial charge in [-0.15, -0.1) is 0 Å². The molecule has 1 fully saturated rings. The number of hydrogen-bond donors (Lipinski definition) is 3. The Morgan fingerprint density at radius 3 is 2.55 bits per heavy atom. The van der Waals surface area contributed by atoms with E-state index in [1.54, 1.807) is 13.8 Å². The second-order valence-corrected chi connectivity index (χ2v) is 8.19. The highest BCUT2D eigenvalue weighted by Gasteiger charge is 2.26. The van der Waals surface area contributed by atoms with Gasteiger partial charge in [0, 0.05) is 19.5 Å². The number of hydrogen-bond acceptors (Lipinski definition) is 6. The molecule has 9 heteroatoms. The Labute approximate surface area is 186 Å². The predicted molar refractivity (Wildman–Crippen MR) is 118 cm³/mol. The number of carboxylic acids is 1. The Morgan fingerprint density at radius 2 is 1.94 bits per heavy atom. The normalized spacial score (nSPS) is 15.5. The summed E-state index contributed by atoms with van der Waals surface area (Å²) in [5, 5.41) is 22.6. The molecule has 3 N–H and O–H groups in total. The van der Waals surface area contributed by atoms with Crippen molar-refractivity contribution in [3.63, 3.8) is 0 Å². The minimum atomic E-state index is -1.13. The molecule has 3 rings (SSSR count). The van der Waals surface area contributed by atoms with Crippen molar-refractivity contribution in [3.05, 3.63) is 46.5 Å². The molecule has 1 aromatic carbocycles. The van der Waals surface area contributed by atoms with E-state index in [0.29, 0.717) is 23.9 Å². The molecule has 1 aliphatic rings. The maximum absolute atomic E-state index is 12.5. The lowest BCUT2D eigenvalue weighted by Crippen LogP contribution is -2.40. The van der Waals surface area contributed by atoms with Gasteiger partial charge in [0.05, 0.1) is 16.4 Å². The van der Waals surface area contributed by atoms with Crippen molar-refractivity contribution in [2.24, 2.45) is 5.92 Å². The molecule has 166 valence electrons. The van der Waals surface area contributed by atoms with Crippen LogP contribution >= 0.6 is 11.6 Å². The first-order valence-electron chi connectivity index (χ1n) is 10.4. The van der Waals surface area contributed by atoms with Crippen molar-refractivity contribution in [1.82, 2.24) is 15.3 Å². The maximum Gasteiger partial charge on any atom is 0.326 e. The van der Waals surface area contributed by atoms with Crippen LogP contribution in [0.25, 0.3) is 0 Å². The number of halogens is 1. The minimum Gasteiger partial charge on any atom is -0.504 e. The zero-order valence-electron chi connectivity index (χ0n) is 17.6. The van der Waals surface area contributed by atoms with Crippen molar-refractivity contribution < 1.29 is 19.8 Å². The zero-order valence-corrected chi connectivity index (χ0v) is 18.4. The van der Waals surface area contributed by atoms with E-state index >= 15 is 0 Å². The second-order valence-electron chi connectivity index (χ2n) is 7.78. The van der Waals surface area contributed by atoms with Gasteiger partial charge in [0.25, 0.3) is 5.91 Å². The van der Waals surface area contributed by atoms with Crippen molar-refractivity contribution >= 4 is 29.2 Å². The van der Waals surface area contributed by atoms with Crippen LogP contribution in [0.1, 0.15) is 48.2 Å². The fourth-order valence-corrected chi connectivity index (χ4v) is 4.04. The molecule has 0 spiro atoms. The van der Waals surface area contributed by atoms with Crippen LogP contribution in [-0.2, 0) is 11.2 Å². The summed E-state index contributed by atoms with van der Waals surface area (Å²) in [4.78, 5) is 34.6. The first-order chi connectivity index (χ1) is 14.8. The lowest BCUT2D eigenvalue weighted by Gasteiger charge is -2.34. The molecule has 2 aromatic rings. The lowest BCUT2D eigenvalue weighted by molar-refractivity contribution is -0.139. The fraction of sp³-hybridized carbons (Fsp3) is 0.455. The number of para-hydroxylation sites is 1. The number of carbonyl (C=O) groups excluding carboxylic acids is 1. The van der Waals surface area contributed by atoms with Gasteiger partial charge in [-0.2, -0.15) is 0 Å². The summed E-state index contributed by atoms with van der Waals surface area (Å²) >= 11 is 6.31. The van der Waals surface area contributed by atoms with Gasteiger partial charge in [-0.1, -0.05) is 30.7 Å². The van der Waals surface area contributed by atoms with E-state index in [0.717, 1.165) is 36.6 Å². The number of aromatic nitrogens is 2. The quantitative estimate of drug-likeness (QED) is 0.598. The molecule has 0 aliphatic carbocycles. The molecule has 1 amide bonds. The average molecular weight is 447 g/mol. The summed E-state index contributed by atoms with van der Waals surface area (Å²) in [5.41, 5.74) is 1.14. The number of nitrogens with one attached hydrogen (secondary N) is 1. The van der Waals surface area contributed by atoms with Crippen LogP contribution in [-0.4, -0.2) is 51.2 Å². The van der Waals surface area contributed by atoms with Gasteiger partial charge < -0.3 is 20.4 Å². The third-order valence-electron chi connectivity index (χ3n) is 5.61. The number of carboxylic acid groups (broad SMARTS) is 1. The molecule has 0 bridgehead atoms. The van der Waals surface area contributed by atoms with Gasteiger partial charge in [0.1, 0.15) is 11.9 Å². The van der Waals surface area contributed by atoms with Gasteiger partial charge in [-0.05, 0) is 44.2 Å². The molecule has 1 aliphatic heterocycles. The van der Waals surface area contributed by atoms with Crippen LogP contribution in [0.15, 0.2) is 24.3 Å². The van der Waals surface area contributed by atoms with E-state index in [1.165, 1.54) is 0 Å². The number of amides is 1. The molecular weight excluding hydrogens is 420 g/mol. The van der Waals surface area contributed by atoms with Crippen molar-refractivity contribution in [3.8, 4) is 5.75 Å². The van der Waals surface area contributed by atoms with Crippen LogP contribution in [0.3, 0.4) is 0 Å². The molecule has 2 heterocycles. The highest BCUT2D eigenvalue weighted by Crippen LogP contribution is 2.30. The molecule has 31 heavy (non-hydrogen) atoms. The SMILES string of the molecule is CCC(NC(=O)c1nc(CC2CCN(c3ccccc3Cl)CC2)nc(C)c1O)C(=O)O. The number of piperidine rings is 1. The molecular formula is C22H27ClN4O4. The summed E-state index contributed by atoms with van der Waals surface area (Å²) in [6.07, 6.45) is 2.65. The van der Waals surface area contributed by atoms with Gasteiger partial charge in [0.15, 0.2) is 11.4 Å². The molecule has 0 radical (unpaired) electrons. The summed E-state index contributed by atoms with van der Waals surface area (Å²) in [6, 6.07) is 6.74. The second kappa shape index (κ2) is 9.96. The molecule has 1 unspecified atom stereocenters. The Bertz CT molecular complexity index is 961. The van der Waals surface area contributed by atoms with Gasteiger partial charge >= 0.3 is 5.97 Å². The number of aryl methyl sites for hydroxylation is 1. The lowest BCUT2D eigenvalue weighted by atomic mass is 9.92. The Kier molecular flexibility index (Phi) is 7.33.